The standard InChI is InChI=1S/C8H5BrClF2NO/c9-3-5(14)4-1-2-6(10)13-7(4)8(11)12/h1-2,8H,3H2. The Morgan fingerprint density at radius 2 is 2.21 bits per heavy atom. The van der Waals surface area contributed by atoms with E-state index in [0.717, 1.165) is 0 Å². The number of aromatic nitrogens is 1. The first kappa shape index (κ1) is 11.5. The summed E-state index contributed by atoms with van der Waals surface area (Å²) < 4.78 is 24.8. The molecule has 0 radical (unpaired) electrons. The summed E-state index contributed by atoms with van der Waals surface area (Å²) in [6, 6.07) is 2.56. The molecule has 0 aromatic carbocycles. The fourth-order valence-corrected chi connectivity index (χ4v) is 1.38. The van der Waals surface area contributed by atoms with Crippen LogP contribution in [0.3, 0.4) is 0 Å². The first-order chi connectivity index (χ1) is 6.56. The lowest BCUT2D eigenvalue weighted by Crippen LogP contribution is -2.07. The minimum Gasteiger partial charge on any atom is -0.293 e. The molecule has 0 N–H and O–H groups in total. The van der Waals surface area contributed by atoms with Crippen molar-refractivity contribution in [1.82, 2.24) is 4.98 Å². The first-order valence-corrected chi connectivity index (χ1v) is 5.10. The third-order valence-electron chi connectivity index (χ3n) is 1.52. The van der Waals surface area contributed by atoms with Gasteiger partial charge in [-0.1, -0.05) is 27.5 Å². The maximum atomic E-state index is 12.4. The Hall–Kier alpha value is -0.550. The third kappa shape index (κ3) is 2.48. The maximum Gasteiger partial charge on any atom is 0.281 e. The van der Waals surface area contributed by atoms with E-state index in [9.17, 15) is 13.6 Å². The quantitative estimate of drug-likeness (QED) is 0.484. The number of pyridine rings is 1. The predicted octanol–water partition coefficient (Wildman–Crippen LogP) is 3.25. The second-order valence-electron chi connectivity index (χ2n) is 2.42. The predicted molar refractivity (Wildman–Crippen MR) is 52.3 cm³/mol. The third-order valence-corrected chi connectivity index (χ3v) is 2.24. The number of ketones is 1. The van der Waals surface area contributed by atoms with E-state index in [1.165, 1.54) is 12.1 Å². The molecule has 1 aromatic heterocycles. The molecular weight excluding hydrogens is 279 g/mol. The van der Waals surface area contributed by atoms with Crippen LogP contribution in [-0.4, -0.2) is 16.1 Å². The SMILES string of the molecule is O=C(CBr)c1ccc(Cl)nc1C(F)F. The molecule has 0 aliphatic heterocycles. The lowest BCUT2D eigenvalue weighted by molar-refractivity contribution is 0.100. The molecule has 0 fully saturated rings. The van der Waals surface area contributed by atoms with E-state index in [4.69, 9.17) is 11.6 Å². The Morgan fingerprint density at radius 1 is 1.57 bits per heavy atom. The number of rotatable bonds is 3. The van der Waals surface area contributed by atoms with Gasteiger partial charge in [0.05, 0.1) is 5.33 Å². The van der Waals surface area contributed by atoms with Gasteiger partial charge in [-0.2, -0.15) is 0 Å². The zero-order valence-corrected chi connectivity index (χ0v) is 9.15. The summed E-state index contributed by atoms with van der Waals surface area (Å²) in [6.45, 7) is 0. The molecule has 0 saturated carbocycles. The van der Waals surface area contributed by atoms with Gasteiger partial charge in [0.2, 0.25) is 0 Å². The highest BCUT2D eigenvalue weighted by molar-refractivity contribution is 9.09. The normalized spacial score (nSPS) is 10.6. The van der Waals surface area contributed by atoms with Crippen LogP contribution in [0.2, 0.25) is 5.15 Å². The van der Waals surface area contributed by atoms with Crippen molar-refractivity contribution in [3.05, 3.63) is 28.5 Å². The van der Waals surface area contributed by atoms with Crippen molar-refractivity contribution in [3.63, 3.8) is 0 Å². The van der Waals surface area contributed by atoms with Crippen LogP contribution in [0.1, 0.15) is 22.5 Å². The van der Waals surface area contributed by atoms with Crippen molar-refractivity contribution in [2.45, 2.75) is 6.43 Å². The largest absolute Gasteiger partial charge is 0.293 e. The number of hydrogen-bond acceptors (Lipinski definition) is 2. The summed E-state index contributed by atoms with van der Waals surface area (Å²) in [7, 11) is 0. The lowest BCUT2D eigenvalue weighted by atomic mass is 10.1. The van der Waals surface area contributed by atoms with E-state index >= 15 is 0 Å². The molecule has 1 rings (SSSR count). The van der Waals surface area contributed by atoms with Crippen LogP contribution in [0.5, 0.6) is 0 Å². The fraction of sp³-hybridized carbons (Fsp3) is 0.250. The van der Waals surface area contributed by atoms with Gasteiger partial charge < -0.3 is 0 Å². The fourth-order valence-electron chi connectivity index (χ4n) is 0.924. The number of alkyl halides is 3. The van der Waals surface area contributed by atoms with Crippen molar-refractivity contribution in [2.75, 3.05) is 5.33 Å². The molecule has 0 saturated heterocycles. The first-order valence-electron chi connectivity index (χ1n) is 3.60. The van der Waals surface area contributed by atoms with Crippen molar-refractivity contribution in [2.24, 2.45) is 0 Å². The van der Waals surface area contributed by atoms with Crippen LogP contribution < -0.4 is 0 Å². The van der Waals surface area contributed by atoms with Gasteiger partial charge in [-0.05, 0) is 12.1 Å². The summed E-state index contributed by atoms with van der Waals surface area (Å²) >= 11 is 8.34. The molecule has 2 nitrogen and oxygen atoms in total. The van der Waals surface area contributed by atoms with Crippen LogP contribution in [0.15, 0.2) is 12.1 Å². The molecule has 0 aliphatic rings. The van der Waals surface area contributed by atoms with Gasteiger partial charge >= 0.3 is 0 Å². The van der Waals surface area contributed by atoms with Gasteiger partial charge in [0.1, 0.15) is 10.8 Å². The molecule has 76 valence electrons. The molecule has 0 amide bonds. The van der Waals surface area contributed by atoms with Crippen LogP contribution in [0.4, 0.5) is 8.78 Å². The Balaban J connectivity index is 3.21. The lowest BCUT2D eigenvalue weighted by Gasteiger charge is -2.05. The van der Waals surface area contributed by atoms with Crippen LogP contribution in [0.25, 0.3) is 0 Å². The van der Waals surface area contributed by atoms with E-state index < -0.39 is 17.9 Å². The van der Waals surface area contributed by atoms with Crippen molar-refractivity contribution < 1.29 is 13.6 Å². The van der Waals surface area contributed by atoms with Crippen LogP contribution >= 0.6 is 27.5 Å². The van der Waals surface area contributed by atoms with E-state index in [2.05, 4.69) is 20.9 Å². The minimum atomic E-state index is -2.80. The monoisotopic (exact) mass is 283 g/mol. The van der Waals surface area contributed by atoms with Crippen molar-refractivity contribution in [1.29, 1.82) is 0 Å². The second-order valence-corrected chi connectivity index (χ2v) is 3.37. The summed E-state index contributed by atoms with van der Waals surface area (Å²) in [5.41, 5.74) is -0.664. The van der Waals surface area contributed by atoms with Gasteiger partial charge in [-0.25, -0.2) is 13.8 Å². The molecule has 1 aromatic rings. The minimum absolute atomic E-state index is 0.0178. The van der Waals surface area contributed by atoms with Gasteiger partial charge in [0.15, 0.2) is 5.78 Å². The Labute approximate surface area is 92.4 Å². The summed E-state index contributed by atoms with van der Waals surface area (Å²) in [6.07, 6.45) is -2.80. The highest BCUT2D eigenvalue weighted by atomic mass is 79.9. The Kier molecular flexibility index (Phi) is 3.95. The molecule has 6 heteroatoms. The highest BCUT2D eigenvalue weighted by Crippen LogP contribution is 2.23. The molecule has 0 spiro atoms. The van der Waals surface area contributed by atoms with E-state index in [0.29, 0.717) is 0 Å². The Bertz CT molecular complexity index is 359. The van der Waals surface area contributed by atoms with Crippen LogP contribution in [-0.2, 0) is 0 Å². The van der Waals surface area contributed by atoms with Crippen molar-refractivity contribution in [3.8, 4) is 0 Å². The summed E-state index contributed by atoms with van der Waals surface area (Å²) in [5, 5.41) is -0.0674. The molecule has 0 atom stereocenters. The molecule has 14 heavy (non-hydrogen) atoms. The smallest absolute Gasteiger partial charge is 0.281 e. The second kappa shape index (κ2) is 4.79. The zero-order chi connectivity index (χ0) is 10.7. The highest BCUT2D eigenvalue weighted by Gasteiger charge is 2.19. The number of halogens is 4. The molecule has 0 unspecified atom stereocenters. The van der Waals surface area contributed by atoms with Gasteiger partial charge in [0.25, 0.3) is 6.43 Å². The average molecular weight is 284 g/mol. The summed E-state index contributed by atoms with van der Waals surface area (Å²) in [4.78, 5) is 14.6. The molecular formula is C8H5BrClF2NO. The number of Topliss-reactive ketones (excluding diaryl/α,β-unsaturated/α-hetero) is 1. The zero-order valence-electron chi connectivity index (χ0n) is 6.81. The number of hydrogen-bond donors (Lipinski definition) is 0. The summed E-state index contributed by atoms with van der Waals surface area (Å²) in [5.74, 6) is -0.440. The molecule has 1 heterocycles. The van der Waals surface area contributed by atoms with Crippen molar-refractivity contribution >= 4 is 33.3 Å². The van der Waals surface area contributed by atoms with E-state index in [-0.39, 0.29) is 16.0 Å². The topological polar surface area (TPSA) is 30.0 Å². The maximum absolute atomic E-state index is 12.4. The van der Waals surface area contributed by atoms with Crippen LogP contribution in [0, 0.1) is 0 Å². The number of carbonyl (C=O) groups excluding carboxylic acids is 1. The van der Waals surface area contributed by atoms with E-state index in [1.807, 2.05) is 0 Å². The van der Waals surface area contributed by atoms with Gasteiger partial charge in [-0.3, -0.25) is 4.79 Å². The molecule has 0 aliphatic carbocycles. The van der Waals surface area contributed by atoms with Gasteiger partial charge in [-0.15, -0.1) is 0 Å². The Morgan fingerprint density at radius 3 is 2.71 bits per heavy atom. The van der Waals surface area contributed by atoms with Gasteiger partial charge in [0, 0.05) is 5.56 Å². The number of nitrogens with zero attached hydrogens (tertiary/aromatic N) is 1. The van der Waals surface area contributed by atoms with E-state index in [1.54, 1.807) is 0 Å². The molecule has 0 bridgehead atoms. The average Bonchev–Trinajstić information content (AvgIpc) is 2.16. The number of carbonyl (C=O) groups is 1.